The van der Waals surface area contributed by atoms with Gasteiger partial charge in [0, 0.05) is 18.6 Å². The fourth-order valence-electron chi connectivity index (χ4n) is 1.57. The minimum absolute atomic E-state index is 0.0189. The van der Waals surface area contributed by atoms with Crippen LogP contribution >= 0.6 is 0 Å². The van der Waals surface area contributed by atoms with Gasteiger partial charge in [0.2, 0.25) is 5.91 Å². The molecule has 0 heterocycles. The molecule has 0 aliphatic heterocycles. The smallest absolute Gasteiger partial charge is 0.329 e. The van der Waals surface area contributed by atoms with Crippen LogP contribution in [-0.2, 0) is 9.59 Å². The molecule has 5 N–H and O–H groups in total. The average molecular weight is 284 g/mol. The molecule has 3 atom stereocenters. The van der Waals surface area contributed by atoms with E-state index in [0.717, 1.165) is 0 Å². The van der Waals surface area contributed by atoms with Crippen LogP contribution in [0, 0.1) is 5.21 Å². The van der Waals surface area contributed by atoms with Crippen LogP contribution in [-0.4, -0.2) is 33.3 Å². The Morgan fingerprint density at radius 2 is 1.90 bits per heavy atom. The van der Waals surface area contributed by atoms with Crippen LogP contribution in [0.5, 0.6) is 0 Å². The van der Waals surface area contributed by atoms with Gasteiger partial charge < -0.3 is 20.7 Å². The fraction of sp³-hybridized carbons (Fsp3) is 0.333. The summed E-state index contributed by atoms with van der Waals surface area (Å²) in [6.45, 7) is 1.56. The van der Waals surface area contributed by atoms with Crippen LogP contribution in [0.25, 0.3) is 0 Å². The summed E-state index contributed by atoms with van der Waals surface area (Å²) >= 11 is 0. The van der Waals surface area contributed by atoms with Crippen molar-refractivity contribution in [3.63, 3.8) is 0 Å². The van der Waals surface area contributed by atoms with Crippen LogP contribution in [0.3, 0.4) is 0 Å². The molecule has 0 aliphatic rings. The maximum Gasteiger partial charge on any atom is 0.329 e. The van der Waals surface area contributed by atoms with Gasteiger partial charge in [0.05, 0.1) is 0 Å². The first kappa shape index (κ1) is 16.1. The minimum atomic E-state index is -1.49. The molecule has 8 nitrogen and oxygen atoms in total. The van der Waals surface area contributed by atoms with Gasteiger partial charge >= 0.3 is 5.97 Å². The maximum atomic E-state index is 11.2. The number of carboxylic acids is 1. The van der Waals surface area contributed by atoms with E-state index in [1.54, 1.807) is 6.92 Å². The van der Waals surface area contributed by atoms with Gasteiger partial charge in [-0.15, -0.1) is 0 Å². The highest BCUT2D eigenvalue weighted by Crippen LogP contribution is 2.18. The van der Waals surface area contributed by atoms with E-state index in [1.165, 1.54) is 24.3 Å². The van der Waals surface area contributed by atoms with Crippen molar-refractivity contribution < 1.29 is 30.2 Å². The van der Waals surface area contributed by atoms with E-state index in [1.807, 2.05) is 0 Å². The van der Waals surface area contributed by atoms with Crippen LogP contribution in [0.2, 0.25) is 0 Å². The molecule has 110 valence electrons. The zero-order valence-electron chi connectivity index (χ0n) is 10.7. The summed E-state index contributed by atoms with van der Waals surface area (Å²) in [7, 11) is 0. The first-order valence-electron chi connectivity index (χ1n) is 5.90. The van der Waals surface area contributed by atoms with Crippen molar-refractivity contribution in [1.29, 1.82) is 0 Å². The standard InChI is InChI=1S/C12H16N2O6/c1-2-9(15)13-10(12(17)18)11(16)7-3-5-8(6-4-7)14(19)20/h3-6,10-11,14,16,19H,2H2,1H3,(H,13,15)(H,17,18). The molecule has 1 amide bonds. The van der Waals surface area contributed by atoms with Gasteiger partial charge in [-0.3, -0.25) is 4.79 Å². The first-order valence-corrected chi connectivity index (χ1v) is 5.90. The summed E-state index contributed by atoms with van der Waals surface area (Å²) in [4.78, 5) is 22.3. The number of aliphatic hydroxyl groups excluding tert-OH is 1. The van der Waals surface area contributed by atoms with Crippen molar-refractivity contribution in [3.8, 4) is 0 Å². The molecular weight excluding hydrogens is 268 g/mol. The van der Waals surface area contributed by atoms with Gasteiger partial charge in [-0.25, -0.2) is 10.0 Å². The summed E-state index contributed by atoms with van der Waals surface area (Å²) < 4.78 is 0. The van der Waals surface area contributed by atoms with Gasteiger partial charge in [0.25, 0.3) is 0 Å². The molecule has 0 bridgehead atoms. The van der Waals surface area contributed by atoms with E-state index in [0.29, 0.717) is 0 Å². The van der Waals surface area contributed by atoms with Gasteiger partial charge in [-0.05, 0) is 5.56 Å². The van der Waals surface area contributed by atoms with Crippen molar-refractivity contribution in [2.24, 2.45) is 0 Å². The third-order valence-electron chi connectivity index (χ3n) is 2.72. The predicted octanol–water partition coefficient (Wildman–Crippen LogP) is -0.897. The Balaban J connectivity index is 2.91. The Labute approximate surface area is 114 Å². The Morgan fingerprint density at radius 1 is 1.35 bits per heavy atom. The molecule has 8 heteroatoms. The Kier molecular flexibility index (Phi) is 5.59. The zero-order chi connectivity index (χ0) is 15.3. The summed E-state index contributed by atoms with van der Waals surface area (Å²) in [5, 5.41) is 39.5. The fourth-order valence-corrected chi connectivity index (χ4v) is 1.57. The number of carbonyl (C=O) groups is 2. The van der Waals surface area contributed by atoms with Crippen molar-refractivity contribution >= 4 is 17.6 Å². The summed E-state index contributed by atoms with van der Waals surface area (Å²) in [5.74, 6) is -1.87. The highest BCUT2D eigenvalue weighted by Gasteiger charge is 2.29. The third kappa shape index (κ3) is 4.00. The minimum Gasteiger partial charge on any atom is -0.595 e. The molecule has 20 heavy (non-hydrogen) atoms. The van der Waals surface area contributed by atoms with E-state index in [-0.39, 0.29) is 17.7 Å². The van der Waals surface area contributed by atoms with Crippen molar-refractivity contribution in [2.45, 2.75) is 25.5 Å². The number of carbonyl (C=O) groups excluding carboxylic acids is 1. The van der Waals surface area contributed by atoms with Crippen molar-refractivity contribution in [2.75, 3.05) is 0 Å². The number of quaternary nitrogens is 1. The number of hydrogen-bond acceptors (Lipinski definition) is 5. The van der Waals surface area contributed by atoms with E-state index < -0.39 is 29.2 Å². The maximum absolute atomic E-state index is 11.2. The lowest BCUT2D eigenvalue weighted by Crippen LogP contribution is -2.99. The molecule has 0 aliphatic carbocycles. The Morgan fingerprint density at radius 3 is 2.30 bits per heavy atom. The molecule has 0 saturated heterocycles. The lowest BCUT2D eigenvalue weighted by Gasteiger charge is -2.21. The highest BCUT2D eigenvalue weighted by atomic mass is 16.8. The van der Waals surface area contributed by atoms with Crippen molar-refractivity contribution in [1.82, 2.24) is 5.32 Å². The van der Waals surface area contributed by atoms with Crippen LogP contribution < -0.4 is 10.5 Å². The molecule has 0 aromatic heterocycles. The third-order valence-corrected chi connectivity index (χ3v) is 2.72. The van der Waals surface area contributed by atoms with Gasteiger partial charge in [0.1, 0.15) is 6.10 Å². The number of amides is 1. The number of carboxylic acid groups (broad SMARTS) is 1. The molecule has 0 saturated carbocycles. The number of benzene rings is 1. The zero-order valence-corrected chi connectivity index (χ0v) is 10.7. The first-order chi connectivity index (χ1) is 9.36. The predicted molar refractivity (Wildman–Crippen MR) is 67.0 cm³/mol. The molecule has 1 aromatic carbocycles. The summed E-state index contributed by atoms with van der Waals surface area (Å²) in [6, 6.07) is 3.63. The average Bonchev–Trinajstić information content (AvgIpc) is 2.43. The Bertz CT molecular complexity index is 473. The molecule has 3 unspecified atom stereocenters. The molecular formula is C12H16N2O6. The highest BCUT2D eigenvalue weighted by molar-refractivity contribution is 5.83. The molecule has 0 spiro atoms. The molecule has 1 aromatic rings. The molecule has 0 radical (unpaired) electrons. The van der Waals surface area contributed by atoms with Gasteiger partial charge in [0.15, 0.2) is 11.7 Å². The second kappa shape index (κ2) is 6.96. The van der Waals surface area contributed by atoms with Gasteiger partial charge in [-0.2, -0.15) is 5.23 Å². The number of aliphatic carboxylic acids is 1. The largest absolute Gasteiger partial charge is 0.595 e. The SMILES string of the molecule is CCC(=O)NC(C(=O)O)C(O)c1ccc([NH+]([O-])O)cc1. The van der Waals surface area contributed by atoms with Crippen LogP contribution in [0.1, 0.15) is 25.0 Å². The second-order valence-corrected chi connectivity index (χ2v) is 4.11. The number of rotatable bonds is 6. The monoisotopic (exact) mass is 284 g/mol. The van der Waals surface area contributed by atoms with E-state index in [2.05, 4.69) is 5.32 Å². The summed E-state index contributed by atoms with van der Waals surface area (Å²) in [5.41, 5.74) is 0.226. The van der Waals surface area contributed by atoms with Crippen molar-refractivity contribution in [3.05, 3.63) is 35.0 Å². The Hall–Kier alpha value is -2.00. The van der Waals surface area contributed by atoms with E-state index in [9.17, 15) is 19.9 Å². The number of hydrogen-bond donors (Lipinski definition) is 5. The van der Waals surface area contributed by atoms with E-state index in [4.69, 9.17) is 10.3 Å². The topological polar surface area (TPSA) is 134 Å². The quantitative estimate of drug-likeness (QED) is 0.430. The lowest BCUT2D eigenvalue weighted by atomic mass is 10.0. The number of nitrogens with one attached hydrogen (secondary N) is 2. The molecule has 1 rings (SSSR count). The lowest BCUT2D eigenvalue weighted by molar-refractivity contribution is -0.991. The van der Waals surface area contributed by atoms with E-state index >= 15 is 0 Å². The normalized spacial score (nSPS) is 15.2. The van der Waals surface area contributed by atoms with Crippen LogP contribution in [0.4, 0.5) is 5.69 Å². The second-order valence-electron chi connectivity index (χ2n) is 4.11. The van der Waals surface area contributed by atoms with Crippen LogP contribution in [0.15, 0.2) is 24.3 Å². The number of aliphatic hydroxyl groups is 1. The summed E-state index contributed by atoms with van der Waals surface area (Å²) in [6.07, 6.45) is -1.38. The molecule has 0 fully saturated rings. The van der Waals surface area contributed by atoms with Gasteiger partial charge in [-0.1, -0.05) is 19.1 Å².